The number of aromatic nitrogens is 5. The molecule has 1 amide bonds. The predicted octanol–water partition coefficient (Wildman–Crippen LogP) is 2.69. The molecule has 5 rings (SSSR count). The monoisotopic (exact) mass is 467 g/mol. The third kappa shape index (κ3) is 3.78. The summed E-state index contributed by atoms with van der Waals surface area (Å²) in [5.41, 5.74) is 1.06. The van der Waals surface area contributed by atoms with Crippen molar-refractivity contribution in [2.24, 2.45) is 7.05 Å². The molecule has 1 fully saturated rings. The van der Waals surface area contributed by atoms with Gasteiger partial charge in [0.2, 0.25) is 0 Å². The Labute approximate surface area is 189 Å². The van der Waals surface area contributed by atoms with E-state index < -0.39 is 21.7 Å². The summed E-state index contributed by atoms with van der Waals surface area (Å²) >= 11 is 0. The number of anilines is 2. The number of aryl methyl sites for hydroxylation is 1. The Morgan fingerprint density at radius 2 is 1.97 bits per heavy atom. The van der Waals surface area contributed by atoms with Crippen molar-refractivity contribution in [1.29, 1.82) is 0 Å². The molecule has 33 heavy (non-hydrogen) atoms. The highest BCUT2D eigenvalue weighted by Crippen LogP contribution is 2.29. The first kappa shape index (κ1) is 20.9. The maximum atomic E-state index is 13.0. The van der Waals surface area contributed by atoms with E-state index in [2.05, 4.69) is 19.9 Å². The Balaban J connectivity index is 1.43. The fraction of sp³-hybridized carbons (Fsp3) is 0.238. The van der Waals surface area contributed by atoms with Crippen LogP contribution in [0.5, 0.6) is 0 Å². The number of para-hydroxylation sites is 1. The summed E-state index contributed by atoms with van der Waals surface area (Å²) in [5.74, 6) is 0.361. The van der Waals surface area contributed by atoms with Crippen LogP contribution in [0.3, 0.4) is 0 Å². The normalized spacial score (nSPS) is 15.7. The minimum Gasteiger partial charge on any atom is -0.441 e. The second kappa shape index (κ2) is 7.30. The topological polar surface area (TPSA) is 124 Å². The van der Waals surface area contributed by atoms with Gasteiger partial charge in [-0.05, 0) is 26.0 Å². The van der Waals surface area contributed by atoms with Gasteiger partial charge < -0.3 is 4.74 Å². The lowest BCUT2D eigenvalue weighted by molar-refractivity contribution is 0.0871. The SMILES string of the molecule is Cn1ncc2cccc(NS(=O)(=O)c3cnn(-c4cc(N5CC(C)(C)OC5=O)ccn4)c3)c21. The maximum Gasteiger partial charge on any atom is 0.415 e. The smallest absolute Gasteiger partial charge is 0.415 e. The number of carbonyl (C=O) groups is 1. The number of nitrogens with one attached hydrogen (secondary N) is 1. The summed E-state index contributed by atoms with van der Waals surface area (Å²) in [6, 6.07) is 8.62. The first-order chi connectivity index (χ1) is 15.6. The van der Waals surface area contributed by atoms with Crippen LogP contribution in [-0.2, 0) is 21.8 Å². The van der Waals surface area contributed by atoms with Gasteiger partial charge >= 0.3 is 6.09 Å². The number of amides is 1. The van der Waals surface area contributed by atoms with Gasteiger partial charge in [-0.25, -0.2) is 22.9 Å². The number of pyridine rings is 1. The van der Waals surface area contributed by atoms with E-state index >= 15 is 0 Å². The molecule has 11 nitrogen and oxygen atoms in total. The molecule has 1 aromatic carbocycles. The van der Waals surface area contributed by atoms with E-state index in [1.165, 1.54) is 28.2 Å². The Morgan fingerprint density at radius 1 is 1.15 bits per heavy atom. The lowest BCUT2D eigenvalue weighted by Crippen LogP contribution is -2.28. The summed E-state index contributed by atoms with van der Waals surface area (Å²) in [4.78, 5) is 17.9. The van der Waals surface area contributed by atoms with Crippen molar-refractivity contribution in [3.63, 3.8) is 0 Å². The van der Waals surface area contributed by atoms with Crippen molar-refractivity contribution >= 4 is 38.4 Å². The molecule has 0 atom stereocenters. The third-order valence-corrected chi connectivity index (χ3v) is 6.59. The van der Waals surface area contributed by atoms with E-state index in [9.17, 15) is 13.2 Å². The van der Waals surface area contributed by atoms with E-state index in [0.717, 1.165) is 5.39 Å². The second-order valence-corrected chi connectivity index (χ2v) is 10.0. The Bertz CT molecular complexity index is 1490. The van der Waals surface area contributed by atoms with Gasteiger partial charge in [0.25, 0.3) is 10.0 Å². The van der Waals surface area contributed by atoms with Crippen LogP contribution in [0.2, 0.25) is 0 Å². The van der Waals surface area contributed by atoms with Crippen LogP contribution >= 0.6 is 0 Å². The molecule has 1 aliphatic heterocycles. The van der Waals surface area contributed by atoms with E-state index in [4.69, 9.17) is 4.74 Å². The van der Waals surface area contributed by atoms with Gasteiger partial charge in [0, 0.05) is 24.7 Å². The second-order valence-electron chi connectivity index (χ2n) is 8.32. The largest absolute Gasteiger partial charge is 0.441 e. The zero-order chi connectivity index (χ0) is 23.4. The summed E-state index contributed by atoms with van der Waals surface area (Å²) in [7, 11) is -2.18. The summed E-state index contributed by atoms with van der Waals surface area (Å²) in [5, 5.41) is 9.16. The van der Waals surface area contributed by atoms with Crippen molar-refractivity contribution in [1.82, 2.24) is 24.5 Å². The highest BCUT2D eigenvalue weighted by Gasteiger charge is 2.38. The number of nitrogens with zero attached hydrogens (tertiary/aromatic N) is 6. The fourth-order valence-electron chi connectivity index (χ4n) is 3.76. The molecular weight excluding hydrogens is 446 g/mol. The van der Waals surface area contributed by atoms with E-state index in [1.54, 1.807) is 42.2 Å². The predicted molar refractivity (Wildman–Crippen MR) is 121 cm³/mol. The fourth-order valence-corrected chi connectivity index (χ4v) is 4.75. The molecule has 0 spiro atoms. The average Bonchev–Trinajstić information content (AvgIpc) is 3.46. The van der Waals surface area contributed by atoms with Crippen molar-refractivity contribution < 1.29 is 17.9 Å². The highest BCUT2D eigenvalue weighted by molar-refractivity contribution is 7.92. The number of rotatable bonds is 5. The molecule has 0 unspecified atom stereocenters. The maximum absolute atomic E-state index is 13.0. The lowest BCUT2D eigenvalue weighted by atomic mass is 10.1. The molecule has 0 saturated carbocycles. The number of hydrogen-bond donors (Lipinski definition) is 1. The van der Waals surface area contributed by atoms with E-state index in [1.807, 2.05) is 19.9 Å². The first-order valence-electron chi connectivity index (χ1n) is 10.1. The van der Waals surface area contributed by atoms with Crippen LogP contribution in [0.15, 0.2) is 60.0 Å². The molecule has 0 radical (unpaired) electrons. The molecule has 1 saturated heterocycles. The molecule has 4 aromatic rings. The van der Waals surface area contributed by atoms with Crippen LogP contribution in [0, 0.1) is 0 Å². The quantitative estimate of drug-likeness (QED) is 0.478. The van der Waals surface area contributed by atoms with Crippen molar-refractivity contribution in [2.75, 3.05) is 16.2 Å². The number of benzene rings is 1. The van der Waals surface area contributed by atoms with E-state index in [-0.39, 0.29) is 4.90 Å². The van der Waals surface area contributed by atoms with Gasteiger partial charge in [-0.15, -0.1) is 0 Å². The average molecular weight is 468 g/mol. The molecule has 0 bridgehead atoms. The molecule has 0 aliphatic carbocycles. The number of ether oxygens (including phenoxy) is 1. The molecule has 170 valence electrons. The standard InChI is InChI=1S/C21H21N7O4S/c1-21(2)13-27(20(29)32-21)15-7-8-22-18(9-15)28-12-16(11-24-28)33(30,31)25-17-6-4-5-14-10-23-26(3)19(14)17/h4-12,25H,13H2,1-3H3. The summed E-state index contributed by atoms with van der Waals surface area (Å²) < 4.78 is 37.0. The molecular formula is C21H21N7O4S. The van der Waals surface area contributed by atoms with Gasteiger partial charge in [0.1, 0.15) is 10.5 Å². The van der Waals surface area contributed by atoms with Gasteiger partial charge in [0.15, 0.2) is 5.82 Å². The van der Waals surface area contributed by atoms with Gasteiger partial charge in [-0.1, -0.05) is 12.1 Å². The molecule has 3 aromatic heterocycles. The van der Waals surface area contributed by atoms with Crippen molar-refractivity contribution in [3.05, 3.63) is 55.1 Å². The van der Waals surface area contributed by atoms with Gasteiger partial charge in [-0.2, -0.15) is 10.2 Å². The summed E-state index contributed by atoms with van der Waals surface area (Å²) in [6.07, 6.45) is 5.35. The van der Waals surface area contributed by atoms with Crippen LogP contribution in [-0.4, -0.2) is 51.2 Å². The molecule has 1 aliphatic rings. The third-order valence-electron chi connectivity index (χ3n) is 5.27. The summed E-state index contributed by atoms with van der Waals surface area (Å²) in [6.45, 7) is 4.05. The Kier molecular flexibility index (Phi) is 4.64. The Hall–Kier alpha value is -3.93. The van der Waals surface area contributed by atoms with Crippen LogP contribution < -0.4 is 9.62 Å². The van der Waals surface area contributed by atoms with Crippen LogP contribution in [0.25, 0.3) is 16.7 Å². The first-order valence-corrected chi connectivity index (χ1v) is 11.6. The molecule has 12 heteroatoms. The minimum atomic E-state index is -3.92. The van der Waals surface area contributed by atoms with E-state index in [0.29, 0.717) is 29.3 Å². The van der Waals surface area contributed by atoms with Crippen molar-refractivity contribution in [3.8, 4) is 5.82 Å². The van der Waals surface area contributed by atoms with Crippen molar-refractivity contribution in [2.45, 2.75) is 24.3 Å². The number of hydrogen-bond acceptors (Lipinski definition) is 7. The number of fused-ring (bicyclic) bond motifs is 1. The minimum absolute atomic E-state index is 0.0319. The number of sulfonamides is 1. The van der Waals surface area contributed by atoms with Crippen LogP contribution in [0.1, 0.15) is 13.8 Å². The lowest BCUT2D eigenvalue weighted by Gasteiger charge is -2.16. The van der Waals surface area contributed by atoms with Crippen LogP contribution in [0.4, 0.5) is 16.2 Å². The molecule has 4 heterocycles. The van der Waals surface area contributed by atoms with Gasteiger partial charge in [0.05, 0.1) is 42.0 Å². The number of carbonyl (C=O) groups excluding carboxylic acids is 1. The highest BCUT2D eigenvalue weighted by atomic mass is 32.2. The zero-order valence-corrected chi connectivity index (χ0v) is 18.9. The van der Waals surface area contributed by atoms with Gasteiger partial charge in [-0.3, -0.25) is 14.3 Å². The zero-order valence-electron chi connectivity index (χ0n) is 18.1. The number of cyclic esters (lactones) is 1. The Morgan fingerprint density at radius 3 is 2.73 bits per heavy atom. The molecule has 1 N–H and O–H groups in total.